The second kappa shape index (κ2) is 12.6. The number of carbonyl (C=O) groups is 2. The number of hydrogen-bond acceptors (Lipinski definition) is 3. The van der Waals surface area contributed by atoms with Gasteiger partial charge in [0.25, 0.3) is 5.91 Å². The van der Waals surface area contributed by atoms with Gasteiger partial charge in [0, 0.05) is 24.0 Å². The molecule has 0 heterocycles. The lowest BCUT2D eigenvalue weighted by molar-refractivity contribution is -0.142. The van der Waals surface area contributed by atoms with E-state index in [1.54, 1.807) is 23.1 Å². The Labute approximate surface area is 214 Å². The first-order valence-electron chi connectivity index (χ1n) is 11.1. The number of nitrogens with zero attached hydrogens (tertiary/aromatic N) is 1. The number of amides is 2. The van der Waals surface area contributed by atoms with Crippen LogP contribution in [0.3, 0.4) is 0 Å². The van der Waals surface area contributed by atoms with Gasteiger partial charge < -0.3 is 15.0 Å². The maximum atomic E-state index is 13.5. The molecule has 7 heteroatoms. The van der Waals surface area contributed by atoms with Gasteiger partial charge in [0.1, 0.15) is 11.8 Å². The molecule has 5 nitrogen and oxygen atoms in total. The summed E-state index contributed by atoms with van der Waals surface area (Å²) in [6.07, 6.45) is 0.392. The minimum Gasteiger partial charge on any atom is -0.482 e. The number of hydrogen-bond donors (Lipinski definition) is 1. The van der Waals surface area contributed by atoms with Crippen molar-refractivity contribution in [3.63, 3.8) is 0 Å². The smallest absolute Gasteiger partial charge is 0.261 e. The molecule has 34 heavy (non-hydrogen) atoms. The first-order chi connectivity index (χ1) is 16.4. The summed E-state index contributed by atoms with van der Waals surface area (Å²) >= 11 is 9.63. The van der Waals surface area contributed by atoms with Crippen LogP contribution in [-0.4, -0.2) is 35.9 Å². The Bertz CT molecular complexity index is 1120. The molecule has 0 aromatic heterocycles. The molecule has 178 valence electrons. The van der Waals surface area contributed by atoms with Gasteiger partial charge in [-0.25, -0.2) is 0 Å². The van der Waals surface area contributed by atoms with Gasteiger partial charge in [-0.1, -0.05) is 82.1 Å². The van der Waals surface area contributed by atoms with Crippen molar-refractivity contribution < 1.29 is 14.3 Å². The highest BCUT2D eigenvalue weighted by molar-refractivity contribution is 9.10. The Morgan fingerprint density at radius 1 is 1.06 bits per heavy atom. The fourth-order valence-electron chi connectivity index (χ4n) is 3.63. The normalized spacial score (nSPS) is 11.5. The van der Waals surface area contributed by atoms with Crippen molar-refractivity contribution in [2.24, 2.45) is 0 Å². The zero-order valence-electron chi connectivity index (χ0n) is 19.3. The van der Waals surface area contributed by atoms with Crippen LogP contribution >= 0.6 is 27.5 Å². The molecular formula is C27H28BrClN2O3. The van der Waals surface area contributed by atoms with Crippen LogP contribution < -0.4 is 10.1 Å². The van der Waals surface area contributed by atoms with E-state index in [-0.39, 0.29) is 25.0 Å². The monoisotopic (exact) mass is 542 g/mol. The Morgan fingerprint density at radius 2 is 1.76 bits per heavy atom. The van der Waals surface area contributed by atoms with Gasteiger partial charge in [0.2, 0.25) is 5.91 Å². The summed E-state index contributed by atoms with van der Waals surface area (Å²) < 4.78 is 6.58. The summed E-state index contributed by atoms with van der Waals surface area (Å²) in [7, 11) is 0. The fourth-order valence-corrected chi connectivity index (χ4v) is 4.36. The number of halogens is 2. The number of aryl methyl sites for hydroxylation is 1. The van der Waals surface area contributed by atoms with Crippen molar-refractivity contribution in [3.8, 4) is 5.75 Å². The third-order valence-corrected chi connectivity index (χ3v) is 6.26. The summed E-state index contributed by atoms with van der Waals surface area (Å²) in [6.45, 7) is 4.38. The van der Waals surface area contributed by atoms with Gasteiger partial charge >= 0.3 is 0 Å². The second-order valence-electron chi connectivity index (χ2n) is 7.91. The van der Waals surface area contributed by atoms with Crippen molar-refractivity contribution in [2.75, 3.05) is 13.2 Å². The molecule has 1 N–H and O–H groups in total. The predicted molar refractivity (Wildman–Crippen MR) is 139 cm³/mol. The van der Waals surface area contributed by atoms with Gasteiger partial charge in [0.05, 0.1) is 5.02 Å². The largest absolute Gasteiger partial charge is 0.482 e. The predicted octanol–water partition coefficient (Wildman–Crippen LogP) is 5.57. The minimum atomic E-state index is -0.696. The first-order valence-corrected chi connectivity index (χ1v) is 12.3. The third-order valence-electron chi connectivity index (χ3n) is 5.47. The lowest BCUT2D eigenvalue weighted by Crippen LogP contribution is -2.51. The summed E-state index contributed by atoms with van der Waals surface area (Å²) in [4.78, 5) is 28.3. The van der Waals surface area contributed by atoms with E-state index in [0.29, 0.717) is 23.7 Å². The van der Waals surface area contributed by atoms with Crippen molar-refractivity contribution >= 4 is 39.3 Å². The molecule has 2 amide bonds. The first kappa shape index (κ1) is 25.8. The van der Waals surface area contributed by atoms with Crippen LogP contribution in [-0.2, 0) is 22.6 Å². The van der Waals surface area contributed by atoms with Crippen LogP contribution in [0.2, 0.25) is 5.02 Å². The molecular weight excluding hydrogens is 516 g/mol. The number of carbonyl (C=O) groups excluding carboxylic acids is 2. The summed E-state index contributed by atoms with van der Waals surface area (Å²) in [5.41, 5.74) is 2.99. The molecule has 1 atom stereocenters. The molecule has 0 spiro atoms. The van der Waals surface area contributed by atoms with E-state index >= 15 is 0 Å². The molecule has 3 aromatic carbocycles. The highest BCUT2D eigenvalue weighted by Crippen LogP contribution is 2.28. The van der Waals surface area contributed by atoms with E-state index in [9.17, 15) is 9.59 Å². The Kier molecular flexibility index (Phi) is 9.54. The molecule has 3 rings (SSSR count). The number of likely N-dealkylation sites (N-methyl/N-ethyl adjacent to an activating group) is 1. The molecule has 0 aliphatic carbocycles. The van der Waals surface area contributed by atoms with E-state index in [2.05, 4.69) is 21.2 Å². The number of rotatable bonds is 10. The van der Waals surface area contributed by atoms with E-state index in [4.69, 9.17) is 16.3 Å². The lowest BCUT2D eigenvalue weighted by Gasteiger charge is -2.32. The van der Waals surface area contributed by atoms with E-state index < -0.39 is 6.04 Å². The Hall–Kier alpha value is -2.83. The molecule has 3 aromatic rings. The van der Waals surface area contributed by atoms with E-state index in [0.717, 1.165) is 21.2 Å². The van der Waals surface area contributed by atoms with E-state index in [1.807, 2.05) is 68.4 Å². The lowest BCUT2D eigenvalue weighted by atomic mass is 10.0. The zero-order chi connectivity index (χ0) is 24.5. The Balaban J connectivity index is 1.91. The fraction of sp³-hybridized carbons (Fsp3) is 0.259. The summed E-state index contributed by atoms with van der Waals surface area (Å²) in [5.74, 6) is -0.0870. The highest BCUT2D eigenvalue weighted by atomic mass is 79.9. The average Bonchev–Trinajstić information content (AvgIpc) is 2.82. The maximum absolute atomic E-state index is 13.5. The maximum Gasteiger partial charge on any atom is 0.261 e. The number of nitrogens with one attached hydrogen (secondary N) is 1. The molecule has 0 fully saturated rings. The highest BCUT2D eigenvalue weighted by Gasteiger charge is 2.30. The van der Waals surface area contributed by atoms with Crippen LogP contribution in [0.5, 0.6) is 5.75 Å². The summed E-state index contributed by atoms with van der Waals surface area (Å²) in [6, 6.07) is 22.1. The van der Waals surface area contributed by atoms with Crippen LogP contribution in [0.4, 0.5) is 0 Å². The second-order valence-corrected chi connectivity index (χ2v) is 9.23. The topological polar surface area (TPSA) is 58.6 Å². The van der Waals surface area contributed by atoms with Crippen LogP contribution in [0.15, 0.2) is 77.3 Å². The van der Waals surface area contributed by atoms with Gasteiger partial charge in [-0.3, -0.25) is 9.59 Å². The average molecular weight is 544 g/mol. The number of benzene rings is 3. The minimum absolute atomic E-state index is 0.199. The standard InChI is InChI=1S/C27H28BrClN2O3/c1-3-30-27(33)24(15-20-10-5-4-6-11-20)31(17-21-12-8-7-9-19(21)2)26(32)18-34-25-14-13-22(28)16-23(25)29/h4-14,16,24H,3,15,17-18H2,1-2H3,(H,30,33)/t24-/m0/s1. The molecule has 0 saturated carbocycles. The Morgan fingerprint density at radius 3 is 2.44 bits per heavy atom. The number of ether oxygens (including phenoxy) is 1. The van der Waals surface area contributed by atoms with Gasteiger partial charge in [0.15, 0.2) is 6.61 Å². The van der Waals surface area contributed by atoms with Crippen molar-refractivity contribution in [2.45, 2.75) is 32.9 Å². The molecule has 0 bridgehead atoms. The van der Waals surface area contributed by atoms with Crippen molar-refractivity contribution in [1.29, 1.82) is 0 Å². The molecule has 0 aliphatic rings. The van der Waals surface area contributed by atoms with Gasteiger partial charge in [-0.2, -0.15) is 0 Å². The van der Waals surface area contributed by atoms with E-state index in [1.165, 1.54) is 0 Å². The van der Waals surface area contributed by atoms with Gasteiger partial charge in [-0.05, 0) is 48.7 Å². The van der Waals surface area contributed by atoms with Crippen LogP contribution in [0.1, 0.15) is 23.6 Å². The van der Waals surface area contributed by atoms with Crippen molar-refractivity contribution in [3.05, 3.63) is 99.0 Å². The zero-order valence-corrected chi connectivity index (χ0v) is 21.6. The van der Waals surface area contributed by atoms with Crippen LogP contribution in [0, 0.1) is 6.92 Å². The van der Waals surface area contributed by atoms with Crippen LogP contribution in [0.25, 0.3) is 0 Å². The van der Waals surface area contributed by atoms with Gasteiger partial charge in [-0.15, -0.1) is 0 Å². The van der Waals surface area contributed by atoms with Crippen molar-refractivity contribution in [1.82, 2.24) is 10.2 Å². The third kappa shape index (κ3) is 7.08. The SMILES string of the molecule is CCNC(=O)[C@H](Cc1ccccc1)N(Cc1ccccc1C)C(=O)COc1ccc(Br)cc1Cl. The molecule has 0 aliphatic heterocycles. The molecule has 0 radical (unpaired) electrons. The molecule has 0 unspecified atom stereocenters. The molecule has 0 saturated heterocycles. The summed E-state index contributed by atoms with van der Waals surface area (Å²) in [5, 5.41) is 3.29. The quantitative estimate of drug-likeness (QED) is 0.364.